The Hall–Kier alpha value is -1.00. The van der Waals surface area contributed by atoms with Gasteiger partial charge >= 0.3 is 0 Å². The molecule has 4 heteroatoms. The third kappa shape index (κ3) is 3.54. The molecule has 0 fully saturated rings. The lowest BCUT2D eigenvalue weighted by atomic mass is 10.2. The Bertz CT molecular complexity index is 333. The van der Waals surface area contributed by atoms with E-state index in [1.54, 1.807) is 23.9 Å². The number of carbonyl (C=O) groups is 1. The summed E-state index contributed by atoms with van der Waals surface area (Å²) >= 11 is 1.64. The van der Waals surface area contributed by atoms with Gasteiger partial charge < -0.3 is 10.4 Å². The maximum atomic E-state index is 11.7. The molecule has 3 nitrogen and oxygen atoms in total. The molecule has 1 aromatic carbocycles. The molecule has 0 saturated heterocycles. The molecular weight excluding hydrogens is 222 g/mol. The van der Waals surface area contributed by atoms with Crippen molar-refractivity contribution in [2.24, 2.45) is 0 Å². The van der Waals surface area contributed by atoms with Gasteiger partial charge in [0.2, 0.25) is 0 Å². The lowest BCUT2D eigenvalue weighted by molar-refractivity contribution is 0.0915. The van der Waals surface area contributed by atoms with Crippen LogP contribution in [0, 0.1) is 0 Å². The zero-order chi connectivity index (χ0) is 12.0. The van der Waals surface area contributed by atoms with Gasteiger partial charge in [0.15, 0.2) is 0 Å². The third-order valence-corrected chi connectivity index (χ3v) is 3.14. The standard InChI is InChI=1S/C12H17NO2S/c1-3-10(8-14)13-12(15)9-4-6-11(16-2)7-5-9/h4-7,10,14H,3,8H2,1-2H3,(H,13,15). The van der Waals surface area contributed by atoms with Gasteiger partial charge in [0.05, 0.1) is 12.6 Å². The van der Waals surface area contributed by atoms with Crippen molar-refractivity contribution in [1.29, 1.82) is 0 Å². The van der Waals surface area contributed by atoms with Crippen LogP contribution in [0.15, 0.2) is 29.2 Å². The predicted octanol–water partition coefficient (Wildman–Crippen LogP) is 1.91. The van der Waals surface area contributed by atoms with E-state index in [4.69, 9.17) is 5.11 Å². The number of benzene rings is 1. The molecule has 0 aromatic heterocycles. The molecule has 0 aliphatic heterocycles. The normalized spacial score (nSPS) is 12.2. The minimum Gasteiger partial charge on any atom is -0.394 e. The topological polar surface area (TPSA) is 49.3 Å². The first-order valence-electron chi connectivity index (χ1n) is 5.27. The first kappa shape index (κ1) is 13.1. The number of thioether (sulfide) groups is 1. The number of rotatable bonds is 5. The minimum atomic E-state index is -0.160. The smallest absolute Gasteiger partial charge is 0.251 e. The van der Waals surface area contributed by atoms with E-state index in [9.17, 15) is 4.79 Å². The molecule has 0 saturated carbocycles. The first-order chi connectivity index (χ1) is 7.71. The molecule has 1 unspecified atom stereocenters. The Morgan fingerprint density at radius 2 is 2.06 bits per heavy atom. The van der Waals surface area contributed by atoms with Crippen LogP contribution >= 0.6 is 11.8 Å². The van der Waals surface area contributed by atoms with Gasteiger partial charge in [0, 0.05) is 10.5 Å². The highest BCUT2D eigenvalue weighted by molar-refractivity contribution is 7.98. The predicted molar refractivity (Wildman–Crippen MR) is 66.9 cm³/mol. The molecule has 1 atom stereocenters. The molecule has 0 spiro atoms. The second-order valence-corrected chi connectivity index (χ2v) is 4.37. The van der Waals surface area contributed by atoms with Gasteiger partial charge in [-0.3, -0.25) is 4.79 Å². The third-order valence-electron chi connectivity index (χ3n) is 2.40. The highest BCUT2D eigenvalue weighted by Crippen LogP contribution is 2.14. The van der Waals surface area contributed by atoms with Crippen LogP contribution in [-0.4, -0.2) is 29.9 Å². The first-order valence-corrected chi connectivity index (χ1v) is 6.49. The number of hydrogen-bond donors (Lipinski definition) is 2. The number of hydrogen-bond acceptors (Lipinski definition) is 3. The fourth-order valence-electron chi connectivity index (χ4n) is 1.29. The van der Waals surface area contributed by atoms with Crippen molar-refractivity contribution in [3.05, 3.63) is 29.8 Å². The summed E-state index contributed by atoms with van der Waals surface area (Å²) in [6.07, 6.45) is 2.72. The molecule has 88 valence electrons. The van der Waals surface area contributed by atoms with Gasteiger partial charge in [0.25, 0.3) is 5.91 Å². The largest absolute Gasteiger partial charge is 0.394 e. The number of aliphatic hydroxyl groups is 1. The molecule has 1 aromatic rings. The molecule has 0 aliphatic rings. The molecule has 0 heterocycles. The van der Waals surface area contributed by atoms with Crippen molar-refractivity contribution >= 4 is 17.7 Å². The van der Waals surface area contributed by atoms with Gasteiger partial charge in [-0.15, -0.1) is 11.8 Å². The SMILES string of the molecule is CCC(CO)NC(=O)c1ccc(SC)cc1. The Morgan fingerprint density at radius 1 is 1.44 bits per heavy atom. The van der Waals surface area contributed by atoms with Gasteiger partial charge in [-0.2, -0.15) is 0 Å². The molecule has 1 amide bonds. The van der Waals surface area contributed by atoms with E-state index in [0.29, 0.717) is 5.56 Å². The van der Waals surface area contributed by atoms with E-state index in [2.05, 4.69) is 5.32 Å². The van der Waals surface area contributed by atoms with Crippen molar-refractivity contribution in [3.8, 4) is 0 Å². The van der Waals surface area contributed by atoms with Crippen LogP contribution in [-0.2, 0) is 0 Å². The lowest BCUT2D eigenvalue weighted by Gasteiger charge is -2.13. The minimum absolute atomic E-state index is 0.0227. The van der Waals surface area contributed by atoms with E-state index in [1.165, 1.54) is 0 Å². The summed E-state index contributed by atoms with van der Waals surface area (Å²) < 4.78 is 0. The van der Waals surface area contributed by atoms with Crippen molar-refractivity contribution in [2.45, 2.75) is 24.3 Å². The van der Waals surface area contributed by atoms with Crippen molar-refractivity contribution in [3.63, 3.8) is 0 Å². The van der Waals surface area contributed by atoms with Crippen LogP contribution in [0.4, 0.5) is 0 Å². The van der Waals surface area contributed by atoms with E-state index in [-0.39, 0.29) is 18.6 Å². The van der Waals surface area contributed by atoms with Crippen LogP contribution in [0.25, 0.3) is 0 Å². The van der Waals surface area contributed by atoms with E-state index in [0.717, 1.165) is 11.3 Å². The molecule has 2 N–H and O–H groups in total. The number of nitrogens with one attached hydrogen (secondary N) is 1. The second-order valence-electron chi connectivity index (χ2n) is 3.49. The molecule has 0 radical (unpaired) electrons. The average Bonchev–Trinajstić information content (AvgIpc) is 2.35. The number of aliphatic hydroxyl groups excluding tert-OH is 1. The zero-order valence-corrected chi connectivity index (χ0v) is 10.4. The maximum absolute atomic E-state index is 11.7. The van der Waals surface area contributed by atoms with Crippen LogP contribution in [0.3, 0.4) is 0 Å². The van der Waals surface area contributed by atoms with Gasteiger partial charge in [-0.05, 0) is 36.9 Å². The summed E-state index contributed by atoms with van der Waals surface area (Å²) in [7, 11) is 0. The molecule has 16 heavy (non-hydrogen) atoms. The summed E-state index contributed by atoms with van der Waals surface area (Å²) in [4.78, 5) is 12.9. The monoisotopic (exact) mass is 239 g/mol. The Kier molecular flexibility index (Phi) is 5.35. The van der Waals surface area contributed by atoms with Crippen molar-refractivity contribution < 1.29 is 9.90 Å². The highest BCUT2D eigenvalue weighted by Gasteiger charge is 2.10. The van der Waals surface area contributed by atoms with Crippen LogP contribution in [0.2, 0.25) is 0 Å². The quantitative estimate of drug-likeness (QED) is 0.772. The Labute approximate surface area is 100 Å². The van der Waals surface area contributed by atoms with Crippen LogP contribution in [0.5, 0.6) is 0 Å². The number of amides is 1. The van der Waals surface area contributed by atoms with Gasteiger partial charge in [-0.1, -0.05) is 6.92 Å². The van der Waals surface area contributed by atoms with Crippen LogP contribution < -0.4 is 5.32 Å². The summed E-state index contributed by atoms with van der Waals surface area (Å²) in [6, 6.07) is 7.27. The maximum Gasteiger partial charge on any atom is 0.251 e. The molecule has 0 aliphatic carbocycles. The van der Waals surface area contributed by atoms with E-state index in [1.807, 2.05) is 25.3 Å². The molecular formula is C12H17NO2S. The highest BCUT2D eigenvalue weighted by atomic mass is 32.2. The summed E-state index contributed by atoms with van der Waals surface area (Å²) in [5, 5.41) is 11.8. The molecule has 1 rings (SSSR count). The van der Waals surface area contributed by atoms with Crippen LogP contribution in [0.1, 0.15) is 23.7 Å². The Morgan fingerprint density at radius 3 is 2.50 bits per heavy atom. The summed E-state index contributed by atoms with van der Waals surface area (Å²) in [6.45, 7) is 1.91. The van der Waals surface area contributed by atoms with Crippen molar-refractivity contribution in [1.82, 2.24) is 5.32 Å². The lowest BCUT2D eigenvalue weighted by Crippen LogP contribution is -2.36. The van der Waals surface area contributed by atoms with Crippen molar-refractivity contribution in [2.75, 3.05) is 12.9 Å². The zero-order valence-electron chi connectivity index (χ0n) is 9.56. The summed E-state index contributed by atoms with van der Waals surface area (Å²) in [5.74, 6) is -0.131. The average molecular weight is 239 g/mol. The van der Waals surface area contributed by atoms with E-state index < -0.39 is 0 Å². The van der Waals surface area contributed by atoms with Gasteiger partial charge in [0.1, 0.15) is 0 Å². The fourth-order valence-corrected chi connectivity index (χ4v) is 1.70. The molecule has 0 bridgehead atoms. The fraction of sp³-hybridized carbons (Fsp3) is 0.417. The second kappa shape index (κ2) is 6.55. The number of carbonyl (C=O) groups excluding carboxylic acids is 1. The Balaban J connectivity index is 2.65. The van der Waals surface area contributed by atoms with Gasteiger partial charge in [-0.25, -0.2) is 0 Å². The van der Waals surface area contributed by atoms with E-state index >= 15 is 0 Å². The summed E-state index contributed by atoms with van der Waals surface area (Å²) in [5.41, 5.74) is 0.629.